The van der Waals surface area contributed by atoms with Gasteiger partial charge in [-0.1, -0.05) is 20.3 Å². The molecule has 0 radical (unpaired) electrons. The maximum Gasteiger partial charge on any atom is 0.115 e. The van der Waals surface area contributed by atoms with Gasteiger partial charge in [-0.25, -0.2) is 9.97 Å². The van der Waals surface area contributed by atoms with Gasteiger partial charge in [-0.05, 0) is 32.4 Å². The molecule has 1 aromatic rings. The topological polar surface area (TPSA) is 37.8 Å². The summed E-state index contributed by atoms with van der Waals surface area (Å²) in [6.07, 6.45) is 6.04. The van der Waals surface area contributed by atoms with E-state index in [0.29, 0.717) is 6.04 Å². The third-order valence-electron chi connectivity index (χ3n) is 2.54. The highest BCUT2D eigenvalue weighted by Gasteiger charge is 2.04. The van der Waals surface area contributed by atoms with E-state index in [9.17, 15) is 0 Å². The monoisotopic (exact) mass is 221 g/mol. The molecule has 0 aliphatic rings. The normalized spacial score (nSPS) is 12.7. The standard InChI is InChI=1S/C13H23N3/c1-4-6-12-9-13(16-10-15-12)8-11(3)14-7-5-2/h9-11,14H,4-8H2,1-3H3. The molecule has 0 aliphatic heterocycles. The van der Waals surface area contributed by atoms with E-state index in [-0.39, 0.29) is 0 Å². The summed E-state index contributed by atoms with van der Waals surface area (Å²) < 4.78 is 0. The molecule has 0 saturated heterocycles. The lowest BCUT2D eigenvalue weighted by atomic mass is 10.1. The maximum absolute atomic E-state index is 4.32. The van der Waals surface area contributed by atoms with Crippen molar-refractivity contribution in [2.45, 2.75) is 52.5 Å². The van der Waals surface area contributed by atoms with Crippen LogP contribution in [0.4, 0.5) is 0 Å². The fourth-order valence-corrected chi connectivity index (χ4v) is 1.73. The number of nitrogens with zero attached hydrogens (tertiary/aromatic N) is 2. The molecule has 1 atom stereocenters. The van der Waals surface area contributed by atoms with Crippen LogP contribution in [0.15, 0.2) is 12.4 Å². The lowest BCUT2D eigenvalue weighted by molar-refractivity contribution is 0.538. The van der Waals surface area contributed by atoms with Crippen LogP contribution in [0.5, 0.6) is 0 Å². The van der Waals surface area contributed by atoms with E-state index in [1.54, 1.807) is 6.33 Å². The van der Waals surface area contributed by atoms with Crippen molar-refractivity contribution in [3.05, 3.63) is 23.8 Å². The minimum absolute atomic E-state index is 0.490. The lowest BCUT2D eigenvalue weighted by Gasteiger charge is -2.12. The van der Waals surface area contributed by atoms with E-state index in [2.05, 4.69) is 42.1 Å². The van der Waals surface area contributed by atoms with Crippen LogP contribution in [-0.4, -0.2) is 22.6 Å². The Labute approximate surface area is 98.7 Å². The number of rotatable bonds is 7. The van der Waals surface area contributed by atoms with Crippen molar-refractivity contribution in [2.24, 2.45) is 0 Å². The maximum atomic E-state index is 4.32. The Balaban J connectivity index is 2.49. The fraction of sp³-hybridized carbons (Fsp3) is 0.692. The van der Waals surface area contributed by atoms with Crippen LogP contribution < -0.4 is 5.32 Å². The predicted molar refractivity (Wildman–Crippen MR) is 67.5 cm³/mol. The molecule has 0 spiro atoms. The van der Waals surface area contributed by atoms with Crippen LogP contribution in [0.1, 0.15) is 45.0 Å². The summed E-state index contributed by atoms with van der Waals surface area (Å²) in [4.78, 5) is 8.59. The van der Waals surface area contributed by atoms with Gasteiger partial charge in [-0.15, -0.1) is 0 Å². The smallest absolute Gasteiger partial charge is 0.115 e. The van der Waals surface area contributed by atoms with Crippen LogP contribution in [0.2, 0.25) is 0 Å². The number of aryl methyl sites for hydroxylation is 1. The van der Waals surface area contributed by atoms with E-state index in [1.807, 2.05) is 0 Å². The van der Waals surface area contributed by atoms with Crippen molar-refractivity contribution < 1.29 is 0 Å². The summed E-state index contributed by atoms with van der Waals surface area (Å²) in [5.41, 5.74) is 2.31. The molecule has 1 unspecified atom stereocenters. The average Bonchev–Trinajstić information content (AvgIpc) is 2.27. The van der Waals surface area contributed by atoms with Crippen LogP contribution in [0, 0.1) is 0 Å². The number of hydrogen-bond acceptors (Lipinski definition) is 3. The summed E-state index contributed by atoms with van der Waals surface area (Å²) >= 11 is 0. The summed E-state index contributed by atoms with van der Waals surface area (Å²) in [5, 5.41) is 3.47. The second-order valence-electron chi connectivity index (χ2n) is 4.31. The Morgan fingerprint density at radius 3 is 2.62 bits per heavy atom. The molecule has 3 heteroatoms. The molecule has 16 heavy (non-hydrogen) atoms. The van der Waals surface area contributed by atoms with E-state index < -0.39 is 0 Å². The molecule has 0 fully saturated rings. The molecule has 90 valence electrons. The van der Waals surface area contributed by atoms with Gasteiger partial charge < -0.3 is 5.32 Å². The van der Waals surface area contributed by atoms with Crippen molar-refractivity contribution in [1.82, 2.24) is 15.3 Å². The van der Waals surface area contributed by atoms with Crippen molar-refractivity contribution in [3.8, 4) is 0 Å². The van der Waals surface area contributed by atoms with Gasteiger partial charge in [0.15, 0.2) is 0 Å². The first kappa shape index (κ1) is 13.1. The lowest BCUT2D eigenvalue weighted by Crippen LogP contribution is -2.29. The molecule has 0 saturated carbocycles. The zero-order chi connectivity index (χ0) is 11.8. The average molecular weight is 221 g/mol. The van der Waals surface area contributed by atoms with Gasteiger partial charge >= 0.3 is 0 Å². The molecular formula is C13H23N3. The van der Waals surface area contributed by atoms with Gasteiger partial charge in [0.05, 0.1) is 0 Å². The minimum atomic E-state index is 0.490. The van der Waals surface area contributed by atoms with Crippen molar-refractivity contribution >= 4 is 0 Å². The van der Waals surface area contributed by atoms with Gasteiger partial charge in [-0.2, -0.15) is 0 Å². The second-order valence-corrected chi connectivity index (χ2v) is 4.31. The zero-order valence-electron chi connectivity index (χ0n) is 10.7. The summed E-state index contributed by atoms with van der Waals surface area (Å²) in [7, 11) is 0. The Hall–Kier alpha value is -0.960. The molecule has 0 aromatic carbocycles. The molecule has 0 bridgehead atoms. The second kappa shape index (κ2) is 7.34. The van der Waals surface area contributed by atoms with Gasteiger partial charge in [0.25, 0.3) is 0 Å². The van der Waals surface area contributed by atoms with Gasteiger partial charge in [0, 0.05) is 23.9 Å². The third kappa shape index (κ3) is 4.71. The summed E-state index contributed by atoms with van der Waals surface area (Å²) in [5.74, 6) is 0. The first-order chi connectivity index (χ1) is 7.76. The molecule has 1 aromatic heterocycles. The number of aromatic nitrogens is 2. The summed E-state index contributed by atoms with van der Waals surface area (Å²) in [6.45, 7) is 7.64. The largest absolute Gasteiger partial charge is 0.314 e. The van der Waals surface area contributed by atoms with Crippen molar-refractivity contribution in [2.75, 3.05) is 6.54 Å². The van der Waals surface area contributed by atoms with Crippen molar-refractivity contribution in [1.29, 1.82) is 0 Å². The van der Waals surface area contributed by atoms with Crippen molar-refractivity contribution in [3.63, 3.8) is 0 Å². The molecular weight excluding hydrogens is 198 g/mol. The molecule has 0 amide bonds. The Kier molecular flexibility index (Phi) is 6.01. The van der Waals surface area contributed by atoms with E-state index in [4.69, 9.17) is 0 Å². The van der Waals surface area contributed by atoms with Crippen LogP contribution >= 0.6 is 0 Å². The highest BCUT2D eigenvalue weighted by Crippen LogP contribution is 2.04. The van der Waals surface area contributed by atoms with Crippen LogP contribution in [0.25, 0.3) is 0 Å². The third-order valence-corrected chi connectivity index (χ3v) is 2.54. The molecule has 1 N–H and O–H groups in total. The van der Waals surface area contributed by atoms with Gasteiger partial charge in [-0.3, -0.25) is 0 Å². The van der Waals surface area contributed by atoms with Crippen LogP contribution in [0.3, 0.4) is 0 Å². The molecule has 3 nitrogen and oxygen atoms in total. The Morgan fingerprint density at radius 1 is 1.19 bits per heavy atom. The fourth-order valence-electron chi connectivity index (χ4n) is 1.73. The van der Waals surface area contributed by atoms with Gasteiger partial charge in [0.2, 0.25) is 0 Å². The Bertz CT molecular complexity index is 299. The summed E-state index contributed by atoms with van der Waals surface area (Å²) in [6, 6.07) is 2.62. The molecule has 1 heterocycles. The highest BCUT2D eigenvalue weighted by atomic mass is 14.9. The Morgan fingerprint density at radius 2 is 1.94 bits per heavy atom. The minimum Gasteiger partial charge on any atom is -0.314 e. The number of hydrogen-bond donors (Lipinski definition) is 1. The first-order valence-electron chi connectivity index (χ1n) is 6.29. The SMILES string of the molecule is CCCNC(C)Cc1cc(CCC)ncn1. The van der Waals surface area contributed by atoms with E-state index >= 15 is 0 Å². The van der Waals surface area contributed by atoms with Gasteiger partial charge in [0.1, 0.15) is 6.33 Å². The van der Waals surface area contributed by atoms with Crippen LogP contribution in [-0.2, 0) is 12.8 Å². The highest BCUT2D eigenvalue weighted by molar-refractivity contribution is 5.09. The quantitative estimate of drug-likeness (QED) is 0.768. The predicted octanol–water partition coefficient (Wildman–Crippen LogP) is 2.36. The van der Waals surface area contributed by atoms with E-state index in [0.717, 1.165) is 37.2 Å². The first-order valence-corrected chi connectivity index (χ1v) is 6.29. The molecule has 0 aliphatic carbocycles. The molecule has 1 rings (SSSR count). The number of nitrogens with one attached hydrogen (secondary N) is 1. The van der Waals surface area contributed by atoms with E-state index in [1.165, 1.54) is 6.42 Å². The zero-order valence-corrected chi connectivity index (χ0v) is 10.7.